The number of esters is 1. The average Bonchev–Trinajstić information content (AvgIpc) is 2.08. The summed E-state index contributed by atoms with van der Waals surface area (Å²) in [7, 11) is 0. The van der Waals surface area contributed by atoms with Gasteiger partial charge in [-0.05, 0) is 31.9 Å². The molecule has 1 atom stereocenters. The molecule has 1 aliphatic heterocycles. The van der Waals surface area contributed by atoms with Gasteiger partial charge in [-0.25, -0.2) is 0 Å². The summed E-state index contributed by atoms with van der Waals surface area (Å²) in [4.78, 5) is 11.0. The minimum absolute atomic E-state index is 0.187. The lowest BCUT2D eigenvalue weighted by molar-refractivity contribution is -0.145. The Labute approximate surface area is 83.2 Å². The molecule has 1 aliphatic rings. The van der Waals surface area contributed by atoms with Crippen molar-refractivity contribution >= 4 is 17.6 Å². The fraction of sp³-hybridized carbons (Fsp3) is 0.500. The quantitative estimate of drug-likeness (QED) is 0.481. The molecule has 0 radical (unpaired) electrons. The van der Waals surface area contributed by atoms with E-state index in [1.165, 1.54) is 0 Å². The van der Waals surface area contributed by atoms with Crippen molar-refractivity contribution in [1.29, 1.82) is 0 Å². The fourth-order valence-corrected chi connectivity index (χ4v) is 1.33. The van der Waals surface area contributed by atoms with Crippen LogP contribution in [0.4, 0.5) is 0 Å². The fourth-order valence-electron chi connectivity index (χ4n) is 1.23. The van der Waals surface area contributed by atoms with Crippen LogP contribution in [0, 0.1) is 0 Å². The summed E-state index contributed by atoms with van der Waals surface area (Å²) in [5.41, 5.74) is 1.96. The molecule has 0 aromatic rings. The van der Waals surface area contributed by atoms with Gasteiger partial charge in [0.05, 0.1) is 6.42 Å². The Hall–Kier alpha value is -0.760. The normalized spacial score (nSPS) is 24.8. The van der Waals surface area contributed by atoms with Crippen molar-refractivity contribution in [1.82, 2.24) is 0 Å². The maximum atomic E-state index is 11.0. The Balaban J connectivity index is 2.92. The van der Waals surface area contributed by atoms with Gasteiger partial charge in [-0.15, -0.1) is 0 Å². The Morgan fingerprint density at radius 2 is 2.23 bits per heavy atom. The van der Waals surface area contributed by atoms with Crippen LogP contribution in [0.1, 0.15) is 27.2 Å². The highest BCUT2D eigenvalue weighted by molar-refractivity contribution is 6.29. The molecule has 0 aliphatic carbocycles. The molecule has 0 amide bonds. The lowest BCUT2D eigenvalue weighted by Crippen LogP contribution is -2.24. The molecule has 0 bridgehead atoms. The molecule has 1 rings (SSSR count). The molecule has 0 fully saturated rings. The summed E-state index contributed by atoms with van der Waals surface area (Å²) in [6.07, 6.45) is 2.01. The van der Waals surface area contributed by atoms with E-state index in [9.17, 15) is 4.79 Å². The molecule has 3 heteroatoms. The Morgan fingerprint density at radius 1 is 1.62 bits per heavy atom. The van der Waals surface area contributed by atoms with Gasteiger partial charge >= 0.3 is 5.97 Å². The van der Waals surface area contributed by atoms with Crippen molar-refractivity contribution in [2.45, 2.75) is 33.3 Å². The zero-order chi connectivity index (χ0) is 10.0. The van der Waals surface area contributed by atoms with Gasteiger partial charge < -0.3 is 4.74 Å². The third-order valence-corrected chi connectivity index (χ3v) is 2.49. The zero-order valence-corrected chi connectivity index (χ0v) is 8.81. The van der Waals surface area contributed by atoms with E-state index in [1.807, 2.05) is 19.9 Å². The third kappa shape index (κ3) is 2.34. The van der Waals surface area contributed by atoms with E-state index in [0.29, 0.717) is 11.5 Å². The first kappa shape index (κ1) is 10.3. The van der Waals surface area contributed by atoms with E-state index in [0.717, 1.165) is 11.1 Å². The van der Waals surface area contributed by atoms with Gasteiger partial charge in [-0.3, -0.25) is 4.79 Å². The second kappa shape index (κ2) is 3.97. The van der Waals surface area contributed by atoms with E-state index in [4.69, 9.17) is 16.3 Å². The monoisotopic (exact) mass is 200 g/mol. The van der Waals surface area contributed by atoms with Gasteiger partial charge in [0.2, 0.25) is 0 Å². The lowest BCUT2D eigenvalue weighted by atomic mass is 10.0. The SMILES string of the molecule is CC1=CCC(=O)OC1/C(C)=C(\C)Cl. The maximum Gasteiger partial charge on any atom is 0.310 e. The number of ether oxygens (including phenoxy) is 1. The first-order valence-corrected chi connectivity index (χ1v) is 4.59. The standard InChI is InChI=1S/C10H13ClO2/c1-6-4-5-9(12)13-10(6)7(2)8(3)11/h4,10H,5H2,1-3H3/b8-7+. The predicted molar refractivity (Wildman–Crippen MR) is 52.5 cm³/mol. The van der Waals surface area contributed by atoms with Gasteiger partial charge in [0.1, 0.15) is 6.10 Å². The minimum Gasteiger partial charge on any atom is -0.453 e. The van der Waals surface area contributed by atoms with Crippen LogP contribution in [-0.4, -0.2) is 12.1 Å². The van der Waals surface area contributed by atoms with Crippen molar-refractivity contribution in [3.05, 3.63) is 22.3 Å². The predicted octanol–water partition coefficient (Wildman–Crippen LogP) is 2.78. The van der Waals surface area contributed by atoms with Crippen LogP contribution in [0.15, 0.2) is 22.3 Å². The smallest absolute Gasteiger partial charge is 0.310 e. The largest absolute Gasteiger partial charge is 0.453 e. The van der Waals surface area contributed by atoms with E-state index in [1.54, 1.807) is 6.92 Å². The summed E-state index contributed by atoms with van der Waals surface area (Å²) < 4.78 is 5.17. The number of cyclic esters (lactones) is 1. The Bertz CT molecular complexity index is 285. The van der Waals surface area contributed by atoms with Crippen molar-refractivity contribution in [2.24, 2.45) is 0 Å². The van der Waals surface area contributed by atoms with E-state index in [2.05, 4.69) is 0 Å². The molecule has 13 heavy (non-hydrogen) atoms. The molecule has 0 N–H and O–H groups in total. The summed E-state index contributed by atoms with van der Waals surface area (Å²) in [5, 5.41) is 0.687. The molecule has 0 saturated carbocycles. The molecule has 0 aromatic heterocycles. The highest BCUT2D eigenvalue weighted by Gasteiger charge is 2.22. The van der Waals surface area contributed by atoms with Crippen LogP contribution in [-0.2, 0) is 9.53 Å². The lowest BCUT2D eigenvalue weighted by Gasteiger charge is -2.23. The number of carbonyl (C=O) groups is 1. The summed E-state index contributed by atoms with van der Waals surface area (Å²) in [5.74, 6) is -0.187. The average molecular weight is 201 g/mol. The molecule has 1 heterocycles. The first-order valence-electron chi connectivity index (χ1n) is 4.21. The van der Waals surface area contributed by atoms with Crippen molar-refractivity contribution in [3.8, 4) is 0 Å². The Morgan fingerprint density at radius 3 is 2.77 bits per heavy atom. The van der Waals surface area contributed by atoms with Gasteiger partial charge in [0, 0.05) is 5.03 Å². The summed E-state index contributed by atoms with van der Waals surface area (Å²) in [6, 6.07) is 0. The van der Waals surface area contributed by atoms with Gasteiger partial charge in [0.25, 0.3) is 0 Å². The second-order valence-electron chi connectivity index (χ2n) is 3.24. The van der Waals surface area contributed by atoms with Crippen LogP contribution < -0.4 is 0 Å². The van der Waals surface area contributed by atoms with Crippen LogP contribution in [0.5, 0.6) is 0 Å². The van der Waals surface area contributed by atoms with Gasteiger partial charge in [-0.1, -0.05) is 17.7 Å². The number of halogens is 1. The molecule has 0 saturated heterocycles. The first-order chi connectivity index (χ1) is 6.02. The molecule has 72 valence electrons. The van der Waals surface area contributed by atoms with Crippen molar-refractivity contribution < 1.29 is 9.53 Å². The number of hydrogen-bond acceptors (Lipinski definition) is 2. The molecule has 1 unspecified atom stereocenters. The van der Waals surface area contributed by atoms with Crippen molar-refractivity contribution in [2.75, 3.05) is 0 Å². The van der Waals surface area contributed by atoms with Crippen LogP contribution in [0.2, 0.25) is 0 Å². The van der Waals surface area contributed by atoms with Gasteiger partial charge in [0.15, 0.2) is 0 Å². The van der Waals surface area contributed by atoms with Crippen LogP contribution in [0.25, 0.3) is 0 Å². The minimum atomic E-state index is -0.251. The number of rotatable bonds is 1. The summed E-state index contributed by atoms with van der Waals surface area (Å²) >= 11 is 5.84. The number of allylic oxidation sites excluding steroid dienone is 1. The Kier molecular flexibility index (Phi) is 3.15. The molecule has 0 aromatic carbocycles. The highest BCUT2D eigenvalue weighted by Crippen LogP contribution is 2.24. The second-order valence-corrected chi connectivity index (χ2v) is 3.81. The van der Waals surface area contributed by atoms with Crippen LogP contribution >= 0.6 is 11.6 Å². The molecular weight excluding hydrogens is 188 g/mol. The van der Waals surface area contributed by atoms with Crippen LogP contribution in [0.3, 0.4) is 0 Å². The molecule has 2 nitrogen and oxygen atoms in total. The van der Waals surface area contributed by atoms with Gasteiger partial charge in [-0.2, -0.15) is 0 Å². The third-order valence-electron chi connectivity index (χ3n) is 2.19. The highest BCUT2D eigenvalue weighted by atomic mass is 35.5. The van der Waals surface area contributed by atoms with E-state index in [-0.39, 0.29) is 12.1 Å². The molecular formula is C10H13ClO2. The number of carbonyl (C=O) groups excluding carboxylic acids is 1. The topological polar surface area (TPSA) is 26.3 Å². The number of hydrogen-bond donors (Lipinski definition) is 0. The zero-order valence-electron chi connectivity index (χ0n) is 8.06. The van der Waals surface area contributed by atoms with E-state index >= 15 is 0 Å². The maximum absolute atomic E-state index is 11.0. The van der Waals surface area contributed by atoms with E-state index < -0.39 is 0 Å². The molecule has 0 spiro atoms. The van der Waals surface area contributed by atoms with Crippen molar-refractivity contribution in [3.63, 3.8) is 0 Å². The summed E-state index contributed by atoms with van der Waals surface area (Å²) in [6.45, 7) is 5.62.